The molecule has 188 valence electrons. The van der Waals surface area contributed by atoms with Crippen molar-refractivity contribution in [1.82, 2.24) is 25.1 Å². The predicted molar refractivity (Wildman–Crippen MR) is 137 cm³/mol. The first-order valence-corrected chi connectivity index (χ1v) is 11.8. The molecule has 5 rings (SSSR count). The maximum Gasteiger partial charge on any atom is 0.407 e. The van der Waals surface area contributed by atoms with E-state index in [1.54, 1.807) is 67.0 Å². The lowest BCUT2D eigenvalue weighted by Gasteiger charge is -2.21. The highest BCUT2D eigenvalue weighted by atomic mass is 35.5. The number of hydrogen-bond donors (Lipinski definition) is 4. The fourth-order valence-corrected chi connectivity index (χ4v) is 4.62. The molecule has 37 heavy (non-hydrogen) atoms. The maximum atomic E-state index is 13.0. The van der Waals surface area contributed by atoms with Crippen molar-refractivity contribution in [3.63, 3.8) is 0 Å². The molecule has 1 fully saturated rings. The van der Waals surface area contributed by atoms with E-state index in [1.807, 2.05) is 0 Å². The Bertz CT molecular complexity index is 1560. The van der Waals surface area contributed by atoms with Crippen LogP contribution in [-0.2, 0) is 0 Å². The molecule has 3 amide bonds. The average molecular weight is 520 g/mol. The summed E-state index contributed by atoms with van der Waals surface area (Å²) in [5.41, 5.74) is 1.81. The van der Waals surface area contributed by atoms with E-state index < -0.39 is 30.0 Å². The Morgan fingerprint density at radius 3 is 2.22 bits per heavy atom. The summed E-state index contributed by atoms with van der Waals surface area (Å²) < 4.78 is 1.45. The number of aromatic nitrogens is 2. The summed E-state index contributed by atoms with van der Waals surface area (Å²) in [5, 5.41) is 16.5. The van der Waals surface area contributed by atoms with Gasteiger partial charge in [0, 0.05) is 59.3 Å². The molecule has 10 nitrogen and oxygen atoms in total. The summed E-state index contributed by atoms with van der Waals surface area (Å²) >= 11 is 6.10. The Morgan fingerprint density at radius 1 is 0.919 bits per heavy atom. The smallest absolute Gasteiger partial charge is 0.407 e. The minimum atomic E-state index is -1.14. The van der Waals surface area contributed by atoms with Crippen molar-refractivity contribution in [3.05, 3.63) is 99.6 Å². The van der Waals surface area contributed by atoms with E-state index in [0.29, 0.717) is 27.4 Å². The second-order valence-corrected chi connectivity index (χ2v) is 9.11. The Kier molecular flexibility index (Phi) is 6.41. The summed E-state index contributed by atoms with van der Waals surface area (Å²) in [6.45, 7) is 0.0488. The van der Waals surface area contributed by atoms with Gasteiger partial charge in [0.15, 0.2) is 0 Å². The number of fused-ring (bicyclic) bond motifs is 1. The molecule has 3 heterocycles. The van der Waals surface area contributed by atoms with Crippen LogP contribution in [0.15, 0.2) is 77.9 Å². The normalized spacial score (nSPS) is 17.1. The van der Waals surface area contributed by atoms with Gasteiger partial charge in [0.1, 0.15) is 0 Å². The number of hydrogen-bond acceptors (Lipinski definition) is 4. The average Bonchev–Trinajstić information content (AvgIpc) is 3.47. The fraction of sp³-hybridized carbons (Fsp3) is 0.154. The van der Waals surface area contributed by atoms with Crippen molar-refractivity contribution in [2.45, 2.75) is 12.1 Å². The zero-order chi connectivity index (χ0) is 26.1. The van der Waals surface area contributed by atoms with E-state index >= 15 is 0 Å². The van der Waals surface area contributed by atoms with Crippen molar-refractivity contribution >= 4 is 40.4 Å². The number of H-pyrrole nitrogens is 1. The molecule has 1 saturated heterocycles. The summed E-state index contributed by atoms with van der Waals surface area (Å²) in [6.07, 6.45) is 2.12. The molecule has 0 spiro atoms. The molecule has 2 aromatic carbocycles. The van der Waals surface area contributed by atoms with Crippen LogP contribution in [-0.4, -0.2) is 62.6 Å². The number of amides is 3. The Hall–Kier alpha value is -4.57. The van der Waals surface area contributed by atoms with E-state index in [-0.39, 0.29) is 18.6 Å². The second kappa shape index (κ2) is 9.82. The van der Waals surface area contributed by atoms with Crippen molar-refractivity contribution in [2.75, 3.05) is 13.1 Å². The molecule has 0 unspecified atom stereocenters. The molecule has 0 aliphatic carbocycles. The maximum absolute atomic E-state index is 13.0. The lowest BCUT2D eigenvalue weighted by molar-refractivity contribution is 0.0897. The lowest BCUT2D eigenvalue weighted by atomic mass is 10.1. The fourth-order valence-electron chi connectivity index (χ4n) is 4.40. The van der Waals surface area contributed by atoms with Gasteiger partial charge in [0.05, 0.1) is 17.1 Å². The van der Waals surface area contributed by atoms with Gasteiger partial charge in [-0.2, -0.15) is 0 Å². The number of nitrogens with zero attached hydrogens (tertiary/aromatic N) is 2. The number of carbonyl (C=O) groups excluding carboxylic acids is 2. The van der Waals surface area contributed by atoms with Crippen molar-refractivity contribution in [3.8, 4) is 5.69 Å². The molecule has 0 bridgehead atoms. The van der Waals surface area contributed by atoms with Crippen molar-refractivity contribution in [1.29, 1.82) is 0 Å². The van der Waals surface area contributed by atoms with Crippen molar-refractivity contribution < 1.29 is 19.5 Å². The van der Waals surface area contributed by atoms with Gasteiger partial charge in [-0.15, -0.1) is 0 Å². The number of pyridine rings is 1. The highest BCUT2D eigenvalue weighted by Gasteiger charge is 2.37. The SMILES string of the molecule is O=C(N[C@H]1CN(C(=O)O)C[C@H]1NC(=O)c1ccc2c(Cl)c[nH]c2c1)c1ccc(-n2ccccc2=O)cc1. The van der Waals surface area contributed by atoms with Crippen LogP contribution < -0.4 is 16.2 Å². The minimum Gasteiger partial charge on any atom is -0.465 e. The van der Waals surface area contributed by atoms with Gasteiger partial charge < -0.3 is 25.6 Å². The second-order valence-electron chi connectivity index (χ2n) is 8.70. The van der Waals surface area contributed by atoms with Crippen LogP contribution in [0.3, 0.4) is 0 Å². The number of carbonyl (C=O) groups is 3. The molecule has 0 saturated carbocycles. The number of carboxylic acid groups (broad SMARTS) is 1. The number of aromatic amines is 1. The van der Waals surface area contributed by atoms with E-state index in [4.69, 9.17) is 11.6 Å². The van der Waals surface area contributed by atoms with Crippen LogP contribution >= 0.6 is 11.6 Å². The van der Waals surface area contributed by atoms with Crippen LogP contribution in [0.1, 0.15) is 20.7 Å². The molecule has 11 heteroatoms. The van der Waals surface area contributed by atoms with Gasteiger partial charge in [-0.3, -0.25) is 19.0 Å². The third-order valence-electron chi connectivity index (χ3n) is 6.35. The van der Waals surface area contributed by atoms with Crippen LogP contribution in [0.2, 0.25) is 5.02 Å². The summed E-state index contributed by atoms with van der Waals surface area (Å²) in [4.78, 5) is 53.7. The molecule has 4 N–H and O–H groups in total. The largest absolute Gasteiger partial charge is 0.465 e. The first-order valence-electron chi connectivity index (χ1n) is 11.4. The third kappa shape index (κ3) is 4.91. The van der Waals surface area contributed by atoms with Gasteiger partial charge in [-0.25, -0.2) is 4.79 Å². The molecular weight excluding hydrogens is 498 g/mol. The lowest BCUT2D eigenvalue weighted by Crippen LogP contribution is -2.51. The first-order chi connectivity index (χ1) is 17.8. The topological polar surface area (TPSA) is 137 Å². The number of halogens is 1. The number of likely N-dealkylation sites (tertiary alicyclic amines) is 1. The zero-order valence-electron chi connectivity index (χ0n) is 19.3. The Balaban J connectivity index is 1.31. The van der Waals surface area contributed by atoms with Crippen LogP contribution in [0.5, 0.6) is 0 Å². The highest BCUT2D eigenvalue weighted by Crippen LogP contribution is 2.24. The van der Waals surface area contributed by atoms with Crippen molar-refractivity contribution in [2.24, 2.45) is 0 Å². The van der Waals surface area contributed by atoms with Gasteiger partial charge >= 0.3 is 6.09 Å². The summed E-state index contributed by atoms with van der Waals surface area (Å²) in [6, 6.07) is 15.0. The molecular formula is C26H22ClN5O5. The molecule has 1 aliphatic rings. The quantitative estimate of drug-likeness (QED) is 0.321. The van der Waals surface area contributed by atoms with Crippen LogP contribution in [0.25, 0.3) is 16.6 Å². The summed E-state index contributed by atoms with van der Waals surface area (Å²) in [5.74, 6) is -0.826. The van der Waals surface area contributed by atoms with E-state index in [9.17, 15) is 24.3 Å². The number of rotatable bonds is 5. The number of nitrogens with one attached hydrogen (secondary N) is 3. The van der Waals surface area contributed by atoms with Gasteiger partial charge in [0.2, 0.25) is 0 Å². The summed E-state index contributed by atoms with van der Waals surface area (Å²) in [7, 11) is 0. The van der Waals surface area contributed by atoms with E-state index in [2.05, 4.69) is 15.6 Å². The first kappa shape index (κ1) is 24.1. The van der Waals surface area contributed by atoms with Crippen LogP contribution in [0, 0.1) is 0 Å². The van der Waals surface area contributed by atoms with Gasteiger partial charge in [-0.1, -0.05) is 23.7 Å². The molecule has 2 aromatic heterocycles. The van der Waals surface area contributed by atoms with Gasteiger partial charge in [-0.05, 0) is 42.5 Å². The Morgan fingerprint density at radius 2 is 1.57 bits per heavy atom. The zero-order valence-corrected chi connectivity index (χ0v) is 20.1. The molecule has 4 aromatic rings. The third-order valence-corrected chi connectivity index (χ3v) is 6.66. The standard InChI is InChI=1S/C26H22ClN5O5/c27-19-12-28-20-11-16(6-9-18(19)20)25(35)30-22-14-31(26(36)37)13-21(22)29-24(34)15-4-7-17(8-5-15)32-10-2-1-3-23(32)33/h1-12,21-22,28H,13-14H2,(H,29,34)(H,30,35)(H,36,37)/t21-,22+/m0/s1. The van der Waals surface area contributed by atoms with Gasteiger partial charge in [0.25, 0.3) is 17.4 Å². The number of benzene rings is 2. The Labute approximate surface area is 215 Å². The highest BCUT2D eigenvalue weighted by molar-refractivity contribution is 6.35. The molecule has 0 radical (unpaired) electrons. The molecule has 2 atom stereocenters. The minimum absolute atomic E-state index is 0.0226. The molecule has 1 aliphatic heterocycles. The van der Waals surface area contributed by atoms with E-state index in [0.717, 1.165) is 10.3 Å². The van der Waals surface area contributed by atoms with E-state index in [1.165, 1.54) is 10.6 Å². The van der Waals surface area contributed by atoms with Crippen LogP contribution in [0.4, 0.5) is 4.79 Å². The monoisotopic (exact) mass is 519 g/mol. The predicted octanol–water partition coefficient (Wildman–Crippen LogP) is 2.86.